The van der Waals surface area contributed by atoms with Crippen LogP contribution in [0.1, 0.15) is 22.3 Å². The van der Waals surface area contributed by atoms with Gasteiger partial charge in [-0.25, -0.2) is 4.98 Å². The summed E-state index contributed by atoms with van der Waals surface area (Å²) in [6.07, 6.45) is 4.10. The molecule has 2 nitrogen and oxygen atoms in total. The standard InChI is InChI=1S/C27H18N2/c1-3-9-18-16(7-1)13-21-25(23-15-28-24-12-6-5-11-20(23)24)22-14-17-8-2-4-10-19(17)27(22)29-26(18)21/h1-12,15,28H,13-14H2. The molecular formula is C27H18N2. The Balaban J connectivity index is 1.61. The van der Waals surface area contributed by atoms with Gasteiger partial charge in [0.25, 0.3) is 0 Å². The second kappa shape index (κ2) is 5.45. The van der Waals surface area contributed by atoms with Gasteiger partial charge < -0.3 is 4.98 Å². The van der Waals surface area contributed by atoms with E-state index in [4.69, 9.17) is 4.98 Å². The maximum absolute atomic E-state index is 5.26. The molecule has 0 saturated heterocycles. The zero-order valence-electron chi connectivity index (χ0n) is 15.9. The number of aromatic nitrogens is 2. The van der Waals surface area contributed by atoms with E-state index in [0.717, 1.165) is 24.2 Å². The Labute approximate surface area is 168 Å². The number of rotatable bonds is 1. The molecule has 0 radical (unpaired) electrons. The lowest BCUT2D eigenvalue weighted by Gasteiger charge is -2.14. The molecule has 7 rings (SSSR count). The maximum Gasteiger partial charge on any atom is 0.0754 e. The van der Waals surface area contributed by atoms with Crippen LogP contribution in [0, 0.1) is 0 Å². The molecule has 5 aromatic rings. The molecule has 2 heterocycles. The highest BCUT2D eigenvalue weighted by atomic mass is 14.8. The third-order valence-electron chi connectivity index (χ3n) is 6.54. The molecule has 2 heteroatoms. The highest BCUT2D eigenvalue weighted by Crippen LogP contribution is 2.49. The van der Waals surface area contributed by atoms with E-state index in [1.165, 1.54) is 55.4 Å². The summed E-state index contributed by atoms with van der Waals surface area (Å²) in [6, 6.07) is 26.1. The molecule has 0 aliphatic heterocycles. The highest BCUT2D eigenvalue weighted by molar-refractivity contribution is 6.01. The van der Waals surface area contributed by atoms with E-state index in [2.05, 4.69) is 84.0 Å². The van der Waals surface area contributed by atoms with Gasteiger partial charge in [-0.1, -0.05) is 66.7 Å². The number of nitrogens with zero attached hydrogens (tertiary/aromatic N) is 1. The second-order valence-corrected chi connectivity index (χ2v) is 8.06. The lowest BCUT2D eigenvalue weighted by Crippen LogP contribution is -1.98. The number of hydrogen-bond donors (Lipinski definition) is 1. The third kappa shape index (κ3) is 1.98. The molecule has 2 aliphatic carbocycles. The van der Waals surface area contributed by atoms with Gasteiger partial charge in [0, 0.05) is 46.6 Å². The number of hydrogen-bond acceptors (Lipinski definition) is 1. The molecule has 0 amide bonds. The first-order chi connectivity index (χ1) is 14.4. The largest absolute Gasteiger partial charge is 0.361 e. The molecule has 1 N–H and O–H groups in total. The van der Waals surface area contributed by atoms with Crippen LogP contribution < -0.4 is 0 Å². The molecule has 0 spiro atoms. The average Bonchev–Trinajstić information content (AvgIpc) is 3.45. The van der Waals surface area contributed by atoms with Gasteiger partial charge in [-0.05, 0) is 33.9 Å². The van der Waals surface area contributed by atoms with Crippen molar-refractivity contribution in [2.75, 3.05) is 0 Å². The van der Waals surface area contributed by atoms with E-state index in [1.807, 2.05) is 0 Å². The van der Waals surface area contributed by atoms with Gasteiger partial charge in [0.2, 0.25) is 0 Å². The van der Waals surface area contributed by atoms with Crippen molar-refractivity contribution in [3.05, 3.63) is 101 Å². The monoisotopic (exact) mass is 370 g/mol. The van der Waals surface area contributed by atoms with Crippen LogP contribution in [0.15, 0.2) is 79.0 Å². The van der Waals surface area contributed by atoms with E-state index in [-0.39, 0.29) is 0 Å². The smallest absolute Gasteiger partial charge is 0.0754 e. The van der Waals surface area contributed by atoms with Gasteiger partial charge in [0.15, 0.2) is 0 Å². The molecule has 0 fully saturated rings. The van der Waals surface area contributed by atoms with Crippen molar-refractivity contribution in [3.63, 3.8) is 0 Å². The number of fused-ring (bicyclic) bond motifs is 7. The van der Waals surface area contributed by atoms with Crippen LogP contribution in [-0.2, 0) is 12.8 Å². The molecule has 136 valence electrons. The summed E-state index contributed by atoms with van der Waals surface area (Å²) < 4.78 is 0. The molecule has 29 heavy (non-hydrogen) atoms. The number of H-pyrrole nitrogens is 1. The van der Waals surface area contributed by atoms with Gasteiger partial charge in [-0.2, -0.15) is 0 Å². The summed E-state index contributed by atoms with van der Waals surface area (Å²) >= 11 is 0. The van der Waals surface area contributed by atoms with Crippen LogP contribution >= 0.6 is 0 Å². The molecule has 2 aromatic heterocycles. The van der Waals surface area contributed by atoms with Crippen LogP contribution in [-0.4, -0.2) is 9.97 Å². The van der Waals surface area contributed by atoms with Crippen LogP contribution in [0.5, 0.6) is 0 Å². The number of pyridine rings is 1. The van der Waals surface area contributed by atoms with Crippen LogP contribution in [0.3, 0.4) is 0 Å². The van der Waals surface area contributed by atoms with Crippen molar-refractivity contribution < 1.29 is 0 Å². The second-order valence-electron chi connectivity index (χ2n) is 8.06. The Hall–Kier alpha value is -3.65. The minimum Gasteiger partial charge on any atom is -0.361 e. The van der Waals surface area contributed by atoms with E-state index in [9.17, 15) is 0 Å². The number of nitrogens with one attached hydrogen (secondary N) is 1. The fourth-order valence-corrected chi connectivity index (χ4v) is 5.25. The lowest BCUT2D eigenvalue weighted by molar-refractivity contribution is 1.18. The quantitative estimate of drug-likeness (QED) is 0.357. The number of aromatic amines is 1. The third-order valence-corrected chi connectivity index (χ3v) is 6.54. The van der Waals surface area contributed by atoms with Crippen molar-refractivity contribution in [1.29, 1.82) is 0 Å². The predicted molar refractivity (Wildman–Crippen MR) is 118 cm³/mol. The van der Waals surface area contributed by atoms with Gasteiger partial charge >= 0.3 is 0 Å². The molecule has 2 aliphatic rings. The first-order valence-corrected chi connectivity index (χ1v) is 10.2. The van der Waals surface area contributed by atoms with Gasteiger partial charge in [-0.3, -0.25) is 0 Å². The topological polar surface area (TPSA) is 28.7 Å². The molecule has 0 unspecified atom stereocenters. The van der Waals surface area contributed by atoms with Crippen LogP contribution in [0.25, 0.3) is 44.5 Å². The summed E-state index contributed by atoms with van der Waals surface area (Å²) in [5.41, 5.74) is 14.3. The van der Waals surface area contributed by atoms with Crippen molar-refractivity contribution in [2.45, 2.75) is 12.8 Å². The van der Waals surface area contributed by atoms with Crippen molar-refractivity contribution in [2.24, 2.45) is 0 Å². The van der Waals surface area contributed by atoms with Gasteiger partial charge in [0.1, 0.15) is 0 Å². The van der Waals surface area contributed by atoms with Gasteiger partial charge in [0.05, 0.1) is 11.4 Å². The summed E-state index contributed by atoms with van der Waals surface area (Å²) in [6.45, 7) is 0. The summed E-state index contributed by atoms with van der Waals surface area (Å²) in [5, 5.41) is 1.29. The first-order valence-electron chi connectivity index (χ1n) is 10.2. The van der Waals surface area contributed by atoms with Crippen LogP contribution in [0.2, 0.25) is 0 Å². The van der Waals surface area contributed by atoms with Crippen molar-refractivity contribution in [3.8, 4) is 33.6 Å². The average molecular weight is 370 g/mol. The Kier molecular flexibility index (Phi) is 2.87. The SMILES string of the molecule is c1ccc2c(c1)Cc1c-2nc2c(c1-c1c[nH]c3ccccc13)Cc1ccccc1-2. The Morgan fingerprint density at radius 3 is 1.90 bits per heavy atom. The zero-order valence-corrected chi connectivity index (χ0v) is 15.9. The lowest BCUT2D eigenvalue weighted by atomic mass is 9.92. The predicted octanol–water partition coefficient (Wildman–Crippen LogP) is 6.37. The van der Waals surface area contributed by atoms with E-state index < -0.39 is 0 Å². The highest BCUT2D eigenvalue weighted by Gasteiger charge is 2.32. The Bertz CT molecular complexity index is 1380. The van der Waals surface area contributed by atoms with Crippen molar-refractivity contribution in [1.82, 2.24) is 9.97 Å². The number of para-hydroxylation sites is 1. The molecule has 0 atom stereocenters. The van der Waals surface area contributed by atoms with Crippen LogP contribution in [0.4, 0.5) is 0 Å². The molecule has 0 saturated carbocycles. The summed E-state index contributed by atoms with van der Waals surface area (Å²) in [5.74, 6) is 0. The normalized spacial score (nSPS) is 13.2. The minimum absolute atomic E-state index is 0.955. The molecule has 3 aromatic carbocycles. The molecule has 0 bridgehead atoms. The Morgan fingerprint density at radius 2 is 1.21 bits per heavy atom. The van der Waals surface area contributed by atoms with E-state index >= 15 is 0 Å². The minimum atomic E-state index is 0.955. The maximum atomic E-state index is 5.26. The number of benzene rings is 3. The fraction of sp³-hybridized carbons (Fsp3) is 0.0741. The van der Waals surface area contributed by atoms with E-state index in [0.29, 0.717) is 0 Å². The zero-order chi connectivity index (χ0) is 18.9. The van der Waals surface area contributed by atoms with E-state index in [1.54, 1.807) is 0 Å². The fourth-order valence-electron chi connectivity index (χ4n) is 5.25. The summed E-state index contributed by atoms with van der Waals surface area (Å²) in [7, 11) is 0. The molecular weight excluding hydrogens is 352 g/mol. The van der Waals surface area contributed by atoms with Crippen molar-refractivity contribution >= 4 is 10.9 Å². The Morgan fingerprint density at radius 1 is 0.621 bits per heavy atom. The summed E-state index contributed by atoms with van der Waals surface area (Å²) in [4.78, 5) is 8.75. The van der Waals surface area contributed by atoms with Gasteiger partial charge in [-0.15, -0.1) is 0 Å². The first kappa shape index (κ1) is 15.3.